The summed E-state index contributed by atoms with van der Waals surface area (Å²) >= 11 is 3.44. The molecule has 2 saturated heterocycles. The predicted octanol–water partition coefficient (Wildman–Crippen LogP) is 2.91. The number of hydrazone groups is 1. The van der Waals surface area contributed by atoms with Crippen LogP contribution in [-0.2, 0) is 4.74 Å². The van der Waals surface area contributed by atoms with Gasteiger partial charge < -0.3 is 14.5 Å². The zero-order chi connectivity index (χ0) is 19.2. The molecule has 0 radical (unpaired) electrons. The van der Waals surface area contributed by atoms with Crippen LogP contribution in [0.15, 0.2) is 33.8 Å². The molecular formula is C19H24BrN7O. The molecule has 2 fully saturated rings. The summed E-state index contributed by atoms with van der Waals surface area (Å²) in [5.41, 5.74) is 3.97. The Labute approximate surface area is 173 Å². The van der Waals surface area contributed by atoms with Crippen molar-refractivity contribution in [3.05, 3.63) is 34.3 Å². The summed E-state index contributed by atoms with van der Waals surface area (Å²) in [6, 6.07) is 7.94. The molecule has 0 unspecified atom stereocenters. The van der Waals surface area contributed by atoms with E-state index < -0.39 is 0 Å². The van der Waals surface area contributed by atoms with Gasteiger partial charge in [-0.05, 0) is 37.0 Å². The number of benzene rings is 1. The van der Waals surface area contributed by atoms with Crippen LogP contribution in [0.3, 0.4) is 0 Å². The standard InChI is InChI=1S/C19H24BrN7O/c20-16-6-4-15(5-7-16)14-21-25-17-22-18(26-8-2-1-3-9-26)24-19(23-17)27-10-12-28-13-11-27/h4-7,14H,1-3,8-13H2,(H,22,23,24,25). The van der Waals surface area contributed by atoms with Gasteiger partial charge in [0.05, 0.1) is 19.4 Å². The number of aromatic nitrogens is 3. The van der Waals surface area contributed by atoms with Gasteiger partial charge in [-0.15, -0.1) is 0 Å². The van der Waals surface area contributed by atoms with Gasteiger partial charge in [-0.3, -0.25) is 0 Å². The molecule has 28 heavy (non-hydrogen) atoms. The topological polar surface area (TPSA) is 78.8 Å². The first-order valence-corrected chi connectivity index (χ1v) is 10.5. The average Bonchev–Trinajstić information content (AvgIpc) is 2.76. The Morgan fingerprint density at radius 3 is 2.21 bits per heavy atom. The van der Waals surface area contributed by atoms with Gasteiger partial charge in [-0.2, -0.15) is 20.1 Å². The molecule has 2 aliphatic rings. The first-order chi connectivity index (χ1) is 13.8. The van der Waals surface area contributed by atoms with E-state index >= 15 is 0 Å². The van der Waals surface area contributed by atoms with Crippen LogP contribution in [0.2, 0.25) is 0 Å². The van der Waals surface area contributed by atoms with Crippen molar-refractivity contribution in [3.63, 3.8) is 0 Å². The Hall–Kier alpha value is -2.26. The van der Waals surface area contributed by atoms with Crippen LogP contribution in [0.4, 0.5) is 17.8 Å². The monoisotopic (exact) mass is 445 g/mol. The van der Waals surface area contributed by atoms with Gasteiger partial charge in [-0.25, -0.2) is 5.43 Å². The maximum atomic E-state index is 5.45. The van der Waals surface area contributed by atoms with Crippen molar-refractivity contribution in [2.45, 2.75) is 19.3 Å². The minimum Gasteiger partial charge on any atom is -0.378 e. The van der Waals surface area contributed by atoms with Gasteiger partial charge in [0.2, 0.25) is 17.8 Å². The van der Waals surface area contributed by atoms with Crippen LogP contribution in [0, 0.1) is 0 Å². The zero-order valence-corrected chi connectivity index (χ0v) is 17.3. The fraction of sp³-hybridized carbons (Fsp3) is 0.474. The minimum absolute atomic E-state index is 0.463. The highest BCUT2D eigenvalue weighted by Crippen LogP contribution is 2.21. The molecule has 2 aliphatic heterocycles. The number of morpholine rings is 1. The quantitative estimate of drug-likeness (QED) is 0.559. The van der Waals surface area contributed by atoms with E-state index in [9.17, 15) is 0 Å². The Morgan fingerprint density at radius 1 is 0.893 bits per heavy atom. The third-order valence-electron chi connectivity index (χ3n) is 4.79. The number of nitrogens with one attached hydrogen (secondary N) is 1. The van der Waals surface area contributed by atoms with Crippen molar-refractivity contribution < 1.29 is 4.74 Å². The van der Waals surface area contributed by atoms with E-state index in [2.05, 4.69) is 46.2 Å². The molecule has 1 N–H and O–H groups in total. The minimum atomic E-state index is 0.463. The summed E-state index contributed by atoms with van der Waals surface area (Å²) in [7, 11) is 0. The van der Waals surface area contributed by atoms with E-state index in [1.807, 2.05) is 24.3 Å². The van der Waals surface area contributed by atoms with E-state index in [1.54, 1.807) is 6.21 Å². The second kappa shape index (κ2) is 9.29. The molecule has 4 rings (SSSR count). The van der Waals surface area contributed by atoms with Crippen molar-refractivity contribution in [2.75, 3.05) is 54.6 Å². The average molecular weight is 446 g/mol. The number of nitrogens with zero attached hydrogens (tertiary/aromatic N) is 6. The lowest BCUT2D eigenvalue weighted by atomic mass is 10.1. The zero-order valence-electron chi connectivity index (χ0n) is 15.7. The Kier molecular flexibility index (Phi) is 6.33. The van der Waals surface area contributed by atoms with E-state index in [1.165, 1.54) is 19.3 Å². The highest BCUT2D eigenvalue weighted by molar-refractivity contribution is 9.10. The SMILES string of the molecule is Brc1ccc(C=NNc2nc(N3CCCCC3)nc(N3CCOCC3)n2)cc1. The number of ether oxygens (including phenoxy) is 1. The Balaban J connectivity index is 1.54. The number of hydrogen-bond acceptors (Lipinski definition) is 8. The normalized spacial score (nSPS) is 17.9. The third-order valence-corrected chi connectivity index (χ3v) is 5.32. The molecule has 0 aliphatic carbocycles. The van der Waals surface area contributed by atoms with Crippen molar-refractivity contribution in [1.82, 2.24) is 15.0 Å². The summed E-state index contributed by atoms with van der Waals surface area (Å²) in [6.45, 7) is 4.91. The number of rotatable bonds is 5. The Morgan fingerprint density at radius 2 is 1.54 bits per heavy atom. The maximum Gasteiger partial charge on any atom is 0.250 e. The summed E-state index contributed by atoms with van der Waals surface area (Å²) in [5.74, 6) is 1.86. The fourth-order valence-corrected chi connectivity index (χ4v) is 3.52. The van der Waals surface area contributed by atoms with Gasteiger partial charge in [0, 0.05) is 30.7 Å². The summed E-state index contributed by atoms with van der Waals surface area (Å²) in [5, 5.41) is 4.31. The van der Waals surface area contributed by atoms with Crippen LogP contribution in [0.1, 0.15) is 24.8 Å². The molecule has 1 aromatic carbocycles. The van der Waals surface area contributed by atoms with Gasteiger partial charge >= 0.3 is 0 Å². The van der Waals surface area contributed by atoms with E-state index in [0.29, 0.717) is 25.1 Å². The van der Waals surface area contributed by atoms with E-state index in [0.717, 1.165) is 42.2 Å². The highest BCUT2D eigenvalue weighted by Gasteiger charge is 2.20. The van der Waals surface area contributed by atoms with Gasteiger partial charge in [-0.1, -0.05) is 28.1 Å². The smallest absolute Gasteiger partial charge is 0.250 e. The first-order valence-electron chi connectivity index (χ1n) is 9.66. The predicted molar refractivity (Wildman–Crippen MR) is 114 cm³/mol. The lowest BCUT2D eigenvalue weighted by Gasteiger charge is -2.30. The van der Waals surface area contributed by atoms with E-state index in [-0.39, 0.29) is 0 Å². The maximum absolute atomic E-state index is 5.45. The van der Waals surface area contributed by atoms with Crippen LogP contribution in [0.25, 0.3) is 0 Å². The summed E-state index contributed by atoms with van der Waals surface area (Å²) < 4.78 is 6.49. The molecule has 0 spiro atoms. The Bertz CT molecular complexity index is 766. The highest BCUT2D eigenvalue weighted by atomic mass is 79.9. The van der Waals surface area contributed by atoms with Gasteiger partial charge in [0.25, 0.3) is 0 Å². The molecule has 0 bridgehead atoms. The largest absolute Gasteiger partial charge is 0.378 e. The van der Waals surface area contributed by atoms with Crippen LogP contribution < -0.4 is 15.2 Å². The summed E-state index contributed by atoms with van der Waals surface area (Å²) in [4.78, 5) is 18.3. The van der Waals surface area contributed by atoms with Crippen molar-refractivity contribution in [3.8, 4) is 0 Å². The molecule has 1 aromatic heterocycles. The number of anilines is 3. The van der Waals surface area contributed by atoms with Crippen LogP contribution in [0.5, 0.6) is 0 Å². The number of piperidine rings is 1. The second-order valence-corrected chi connectivity index (χ2v) is 7.74. The lowest BCUT2D eigenvalue weighted by molar-refractivity contribution is 0.122. The molecule has 0 saturated carbocycles. The van der Waals surface area contributed by atoms with Crippen molar-refractivity contribution in [2.24, 2.45) is 5.10 Å². The number of halogens is 1. The molecule has 0 amide bonds. The number of hydrogen-bond donors (Lipinski definition) is 1. The van der Waals surface area contributed by atoms with Crippen LogP contribution >= 0.6 is 15.9 Å². The molecule has 9 heteroatoms. The lowest BCUT2D eigenvalue weighted by Crippen LogP contribution is -2.38. The molecular weight excluding hydrogens is 422 g/mol. The molecule has 8 nitrogen and oxygen atoms in total. The second-order valence-electron chi connectivity index (χ2n) is 6.83. The first kappa shape index (κ1) is 19.1. The third kappa shape index (κ3) is 4.96. The molecule has 148 valence electrons. The van der Waals surface area contributed by atoms with E-state index in [4.69, 9.17) is 9.72 Å². The van der Waals surface area contributed by atoms with Crippen LogP contribution in [-0.4, -0.2) is 60.6 Å². The van der Waals surface area contributed by atoms with Gasteiger partial charge in [0.1, 0.15) is 0 Å². The summed E-state index contributed by atoms with van der Waals surface area (Å²) in [6.07, 6.45) is 5.36. The molecule has 0 atom stereocenters. The molecule has 3 heterocycles. The van der Waals surface area contributed by atoms with Crippen molar-refractivity contribution in [1.29, 1.82) is 0 Å². The van der Waals surface area contributed by atoms with Crippen molar-refractivity contribution >= 4 is 40.0 Å². The van der Waals surface area contributed by atoms with Gasteiger partial charge in [0.15, 0.2) is 0 Å². The fourth-order valence-electron chi connectivity index (χ4n) is 3.26. The molecule has 2 aromatic rings.